The highest BCUT2D eigenvalue weighted by molar-refractivity contribution is 6.07. The number of nitrogens with zero attached hydrogens (tertiary/aromatic N) is 3. The number of unbranched alkanes of at least 4 members (excludes halogenated alkanes) is 2. The largest absolute Gasteiger partial charge is 0.492 e. The Morgan fingerprint density at radius 2 is 1.90 bits per heavy atom. The van der Waals surface area contributed by atoms with Crippen molar-refractivity contribution in [3.63, 3.8) is 0 Å². The van der Waals surface area contributed by atoms with Gasteiger partial charge in [0.25, 0.3) is 11.5 Å². The second-order valence-electron chi connectivity index (χ2n) is 7.22. The summed E-state index contributed by atoms with van der Waals surface area (Å²) in [5, 5.41) is 9.73. The molecule has 0 unspecified atom stereocenters. The number of hydrazone groups is 1. The predicted molar refractivity (Wildman–Crippen MR) is 116 cm³/mol. The minimum atomic E-state index is -0.438. The number of hydrogen-bond donors (Lipinski definition) is 1. The Labute approximate surface area is 174 Å². The maximum absolute atomic E-state index is 13.0. The molecule has 4 rings (SSSR count). The normalized spacial score (nSPS) is 14.4. The maximum atomic E-state index is 13.0. The molecule has 30 heavy (non-hydrogen) atoms. The van der Waals surface area contributed by atoms with Crippen LogP contribution in [0.15, 0.2) is 58.4 Å². The van der Waals surface area contributed by atoms with Gasteiger partial charge < -0.3 is 4.74 Å². The maximum Gasteiger partial charge on any atom is 0.292 e. The molecule has 0 aliphatic carbocycles. The molecule has 1 aliphatic heterocycles. The fourth-order valence-electron chi connectivity index (χ4n) is 3.58. The Kier molecular flexibility index (Phi) is 5.88. The molecule has 1 N–H and O–H groups in total. The Hall–Kier alpha value is -3.48. The second-order valence-corrected chi connectivity index (χ2v) is 7.22. The molecule has 0 fully saturated rings. The van der Waals surface area contributed by atoms with Crippen molar-refractivity contribution in [3.8, 4) is 5.75 Å². The third-order valence-corrected chi connectivity index (χ3v) is 5.14. The van der Waals surface area contributed by atoms with Gasteiger partial charge in [0.05, 0.1) is 17.7 Å². The number of aromatic nitrogens is 2. The van der Waals surface area contributed by atoms with Crippen LogP contribution in [0.3, 0.4) is 0 Å². The van der Waals surface area contributed by atoms with E-state index in [-0.39, 0.29) is 11.3 Å². The highest BCUT2D eigenvalue weighted by atomic mass is 16.5. The minimum absolute atomic E-state index is 0.178. The van der Waals surface area contributed by atoms with E-state index in [4.69, 9.17) is 4.74 Å². The van der Waals surface area contributed by atoms with Gasteiger partial charge in [-0.3, -0.25) is 9.59 Å². The van der Waals surface area contributed by atoms with Crippen molar-refractivity contribution in [2.45, 2.75) is 39.2 Å². The molecule has 0 radical (unpaired) electrons. The van der Waals surface area contributed by atoms with Crippen molar-refractivity contribution in [1.82, 2.24) is 15.2 Å². The summed E-state index contributed by atoms with van der Waals surface area (Å²) >= 11 is 0. The lowest BCUT2D eigenvalue weighted by Crippen LogP contribution is -2.30. The third-order valence-electron chi connectivity index (χ3n) is 5.14. The van der Waals surface area contributed by atoms with Crippen LogP contribution in [0, 0.1) is 0 Å². The molecule has 0 saturated heterocycles. The Balaban J connectivity index is 1.66. The fraction of sp³-hybridized carbons (Fsp3) is 0.304. The van der Waals surface area contributed by atoms with E-state index in [1.807, 2.05) is 24.3 Å². The summed E-state index contributed by atoms with van der Waals surface area (Å²) in [5.74, 6) is 0.316. The highest BCUT2D eigenvalue weighted by Gasteiger charge is 2.19. The summed E-state index contributed by atoms with van der Waals surface area (Å²) in [6.07, 6.45) is 3.47. The molecule has 1 amide bonds. The number of para-hydroxylation sites is 1. The van der Waals surface area contributed by atoms with E-state index in [0.717, 1.165) is 36.3 Å². The average Bonchev–Trinajstić information content (AvgIpc) is 2.79. The van der Waals surface area contributed by atoms with Crippen LogP contribution in [0.5, 0.6) is 5.75 Å². The van der Waals surface area contributed by atoms with Gasteiger partial charge in [-0.25, -0.2) is 10.1 Å². The summed E-state index contributed by atoms with van der Waals surface area (Å²) < 4.78 is 7.03. The van der Waals surface area contributed by atoms with Crippen molar-refractivity contribution >= 4 is 22.4 Å². The van der Waals surface area contributed by atoms with Crippen molar-refractivity contribution in [2.75, 3.05) is 6.61 Å². The molecule has 0 bridgehead atoms. The Bertz CT molecular complexity index is 1170. The molecule has 0 saturated carbocycles. The van der Waals surface area contributed by atoms with Crippen LogP contribution >= 0.6 is 0 Å². The molecule has 3 aromatic rings. The van der Waals surface area contributed by atoms with Crippen LogP contribution in [-0.4, -0.2) is 28.0 Å². The number of rotatable bonds is 6. The van der Waals surface area contributed by atoms with Crippen molar-refractivity contribution < 1.29 is 9.53 Å². The lowest BCUT2D eigenvalue weighted by molar-refractivity contribution is 0.0949. The Morgan fingerprint density at radius 3 is 2.73 bits per heavy atom. The summed E-state index contributed by atoms with van der Waals surface area (Å²) in [5.41, 5.74) is 4.28. The zero-order valence-corrected chi connectivity index (χ0v) is 16.9. The topological polar surface area (TPSA) is 85.6 Å². The van der Waals surface area contributed by atoms with Gasteiger partial charge in [0.2, 0.25) is 0 Å². The Morgan fingerprint density at radius 1 is 1.13 bits per heavy atom. The number of carbonyl (C=O) groups is 1. The molecule has 2 heterocycles. The van der Waals surface area contributed by atoms with Crippen LogP contribution < -0.4 is 15.7 Å². The first-order valence-corrected chi connectivity index (χ1v) is 10.3. The lowest BCUT2D eigenvalue weighted by Gasteiger charge is -2.18. The molecule has 0 spiro atoms. The average molecular weight is 404 g/mol. The van der Waals surface area contributed by atoms with Crippen LogP contribution in [0.4, 0.5) is 0 Å². The number of carbonyl (C=O) groups excluding carboxylic acids is 1. The quantitative estimate of drug-likeness (QED) is 0.503. The number of amides is 1. The first-order chi connectivity index (χ1) is 14.7. The molecular weight excluding hydrogens is 380 g/mol. The van der Waals surface area contributed by atoms with Crippen LogP contribution in [0.2, 0.25) is 0 Å². The predicted octanol–water partition coefficient (Wildman–Crippen LogP) is 3.50. The summed E-state index contributed by atoms with van der Waals surface area (Å²) in [4.78, 5) is 25.7. The van der Waals surface area contributed by atoms with Crippen molar-refractivity contribution in [1.29, 1.82) is 0 Å². The third kappa shape index (κ3) is 3.96. The lowest BCUT2D eigenvalue weighted by atomic mass is 10.0. The van der Waals surface area contributed by atoms with E-state index in [1.165, 1.54) is 4.68 Å². The number of benzene rings is 2. The van der Waals surface area contributed by atoms with Gasteiger partial charge in [-0.05, 0) is 24.6 Å². The first-order valence-electron chi connectivity index (χ1n) is 10.3. The molecular formula is C23H24N4O3. The van der Waals surface area contributed by atoms with E-state index in [2.05, 4.69) is 22.5 Å². The molecule has 0 atom stereocenters. The zero-order valence-electron chi connectivity index (χ0n) is 16.9. The minimum Gasteiger partial charge on any atom is -0.492 e. The molecule has 1 aliphatic rings. The number of fused-ring (bicyclic) bond motifs is 2. The molecule has 7 heteroatoms. The van der Waals surface area contributed by atoms with Crippen molar-refractivity contribution in [3.05, 3.63) is 70.1 Å². The number of ether oxygens (including phenoxy) is 1. The monoisotopic (exact) mass is 404 g/mol. The fourth-order valence-corrected chi connectivity index (χ4v) is 3.58. The van der Waals surface area contributed by atoms with Gasteiger partial charge in [0.15, 0.2) is 5.69 Å². The molecule has 154 valence electrons. The van der Waals surface area contributed by atoms with Gasteiger partial charge in [-0.15, -0.1) is 0 Å². The van der Waals surface area contributed by atoms with E-state index in [1.54, 1.807) is 24.3 Å². The number of nitrogens with one attached hydrogen (secondary N) is 1. The van der Waals surface area contributed by atoms with Crippen molar-refractivity contribution in [2.24, 2.45) is 5.10 Å². The molecule has 2 aromatic carbocycles. The van der Waals surface area contributed by atoms with Crippen LogP contribution in [-0.2, 0) is 6.54 Å². The molecule has 7 nitrogen and oxygen atoms in total. The first kappa shape index (κ1) is 19.8. The van der Waals surface area contributed by atoms with E-state index >= 15 is 0 Å². The summed E-state index contributed by atoms with van der Waals surface area (Å²) in [6.45, 7) is 3.09. The van der Waals surface area contributed by atoms with Gasteiger partial charge in [-0.2, -0.15) is 10.2 Å². The SMILES string of the molecule is CCCCCn1nc(C(=O)N/N=C2/CCOc3ccccc32)c2ccccc2c1=O. The van der Waals surface area contributed by atoms with Gasteiger partial charge in [-0.1, -0.05) is 50.1 Å². The van der Waals surface area contributed by atoms with E-state index in [0.29, 0.717) is 30.3 Å². The smallest absolute Gasteiger partial charge is 0.292 e. The van der Waals surface area contributed by atoms with E-state index < -0.39 is 5.91 Å². The standard InChI is InChI=1S/C23H24N4O3/c1-2-3-8-14-27-23(29)17-10-5-4-9-16(17)21(26-27)22(28)25-24-19-13-15-30-20-12-7-6-11-18(19)20/h4-7,9-12H,2-3,8,13-15H2,1H3,(H,25,28)/b24-19-. The van der Waals surface area contributed by atoms with Crippen LogP contribution in [0.25, 0.3) is 10.8 Å². The second kappa shape index (κ2) is 8.90. The van der Waals surface area contributed by atoms with Gasteiger partial charge >= 0.3 is 0 Å². The highest BCUT2D eigenvalue weighted by Crippen LogP contribution is 2.24. The number of hydrogen-bond acceptors (Lipinski definition) is 5. The van der Waals surface area contributed by atoms with Gasteiger partial charge in [0.1, 0.15) is 5.75 Å². The summed E-state index contributed by atoms with van der Waals surface area (Å²) in [6, 6.07) is 14.7. The van der Waals surface area contributed by atoms with E-state index in [9.17, 15) is 9.59 Å². The zero-order chi connectivity index (χ0) is 20.9. The van der Waals surface area contributed by atoms with Crippen LogP contribution in [0.1, 0.15) is 48.7 Å². The number of aryl methyl sites for hydroxylation is 1. The van der Waals surface area contributed by atoms with Gasteiger partial charge in [0, 0.05) is 23.9 Å². The molecule has 1 aromatic heterocycles. The summed E-state index contributed by atoms with van der Waals surface area (Å²) in [7, 11) is 0.